The number of aliphatic carboxylic acids is 1. The summed E-state index contributed by atoms with van der Waals surface area (Å²) in [6.07, 6.45) is 0.251. The Bertz CT molecular complexity index is 426. The maximum atomic E-state index is 11.7. The van der Waals surface area contributed by atoms with Crippen LogP contribution in [0.5, 0.6) is 0 Å². The van der Waals surface area contributed by atoms with Crippen LogP contribution in [-0.2, 0) is 11.2 Å². The summed E-state index contributed by atoms with van der Waals surface area (Å²) in [5.74, 6) is -1.17. The van der Waals surface area contributed by atoms with E-state index >= 15 is 0 Å². The summed E-state index contributed by atoms with van der Waals surface area (Å²) >= 11 is 0. The Morgan fingerprint density at radius 1 is 1.28 bits per heavy atom. The first-order valence-electron chi connectivity index (χ1n) is 5.78. The molecule has 0 saturated carbocycles. The molecule has 0 radical (unpaired) electrons. The van der Waals surface area contributed by atoms with Gasteiger partial charge in [-0.15, -0.1) is 0 Å². The van der Waals surface area contributed by atoms with Crippen molar-refractivity contribution in [3.8, 4) is 0 Å². The lowest BCUT2D eigenvalue weighted by molar-refractivity contribution is -0.138. The van der Waals surface area contributed by atoms with Crippen molar-refractivity contribution in [1.29, 1.82) is 0 Å². The van der Waals surface area contributed by atoms with Crippen LogP contribution in [0.4, 0.5) is 0 Å². The Morgan fingerprint density at radius 3 is 2.28 bits per heavy atom. The zero-order valence-corrected chi connectivity index (χ0v) is 10.5. The summed E-state index contributed by atoms with van der Waals surface area (Å²) in [7, 11) is 0. The van der Waals surface area contributed by atoms with Gasteiger partial charge < -0.3 is 16.2 Å². The number of carboxylic acid groups (broad SMARTS) is 1. The second-order valence-corrected chi connectivity index (χ2v) is 4.47. The molecule has 98 valence electrons. The number of nitrogens with one attached hydrogen (secondary N) is 1. The van der Waals surface area contributed by atoms with Crippen molar-refractivity contribution in [2.75, 3.05) is 0 Å². The van der Waals surface area contributed by atoms with Crippen molar-refractivity contribution in [1.82, 2.24) is 5.32 Å². The maximum absolute atomic E-state index is 11.7. The summed E-state index contributed by atoms with van der Waals surface area (Å²) in [4.78, 5) is 22.3. The van der Waals surface area contributed by atoms with Crippen molar-refractivity contribution in [2.45, 2.75) is 32.4 Å². The van der Waals surface area contributed by atoms with E-state index in [1.165, 1.54) is 0 Å². The number of amides is 1. The molecule has 5 heteroatoms. The fourth-order valence-corrected chi connectivity index (χ4v) is 1.48. The lowest BCUT2D eigenvalue weighted by atomic mass is 10.0. The topological polar surface area (TPSA) is 92.4 Å². The van der Waals surface area contributed by atoms with Crippen LogP contribution in [0.1, 0.15) is 29.8 Å². The molecule has 0 aliphatic rings. The van der Waals surface area contributed by atoms with Crippen LogP contribution in [-0.4, -0.2) is 29.1 Å². The molecule has 0 saturated heterocycles. The summed E-state index contributed by atoms with van der Waals surface area (Å²) in [6.45, 7) is 3.77. The van der Waals surface area contributed by atoms with E-state index in [0.29, 0.717) is 5.56 Å². The second kappa shape index (κ2) is 6.16. The van der Waals surface area contributed by atoms with Crippen LogP contribution in [0.3, 0.4) is 0 Å². The van der Waals surface area contributed by atoms with Gasteiger partial charge in [0.05, 0.1) is 0 Å². The highest BCUT2D eigenvalue weighted by Gasteiger charge is 2.12. The van der Waals surface area contributed by atoms with E-state index < -0.39 is 12.0 Å². The lowest BCUT2D eigenvalue weighted by Gasteiger charge is -2.09. The molecule has 0 unspecified atom stereocenters. The van der Waals surface area contributed by atoms with Gasteiger partial charge in [-0.2, -0.15) is 0 Å². The largest absolute Gasteiger partial charge is 0.480 e. The Labute approximate surface area is 106 Å². The molecule has 1 rings (SSSR count). The van der Waals surface area contributed by atoms with Gasteiger partial charge >= 0.3 is 5.97 Å². The summed E-state index contributed by atoms with van der Waals surface area (Å²) in [5.41, 5.74) is 6.78. The molecular formula is C13H18N2O3. The average molecular weight is 250 g/mol. The Kier molecular flexibility index (Phi) is 4.85. The van der Waals surface area contributed by atoms with Crippen LogP contribution in [0.25, 0.3) is 0 Å². The number of hydrogen-bond donors (Lipinski definition) is 3. The van der Waals surface area contributed by atoms with Gasteiger partial charge in [-0.25, -0.2) is 0 Å². The third kappa shape index (κ3) is 4.18. The predicted octanol–water partition coefficient (Wildman–Crippen LogP) is 0.779. The zero-order chi connectivity index (χ0) is 13.7. The van der Waals surface area contributed by atoms with Gasteiger partial charge in [0, 0.05) is 11.6 Å². The number of carbonyl (C=O) groups excluding carboxylic acids is 1. The first-order chi connectivity index (χ1) is 8.40. The van der Waals surface area contributed by atoms with Gasteiger partial charge in [-0.05, 0) is 38.0 Å². The van der Waals surface area contributed by atoms with Crippen LogP contribution in [0.15, 0.2) is 24.3 Å². The standard InChI is InChI=1S/C13H18N2O3/c1-8(2)15-12(16)10-5-3-9(4-6-10)7-11(14)13(17)18/h3-6,8,11H,7,14H2,1-2H3,(H,15,16)(H,17,18)/t11-/m0/s1. The van der Waals surface area contributed by atoms with E-state index in [1.807, 2.05) is 13.8 Å². The molecule has 0 bridgehead atoms. The molecule has 1 atom stereocenters. The first kappa shape index (κ1) is 14.2. The van der Waals surface area contributed by atoms with Gasteiger partial charge in [0.1, 0.15) is 6.04 Å². The summed E-state index contributed by atoms with van der Waals surface area (Å²) in [6, 6.07) is 5.94. The third-order valence-corrected chi connectivity index (χ3v) is 2.41. The monoisotopic (exact) mass is 250 g/mol. The zero-order valence-electron chi connectivity index (χ0n) is 10.5. The van der Waals surface area contributed by atoms with Gasteiger partial charge in [0.25, 0.3) is 5.91 Å². The highest BCUT2D eigenvalue weighted by Crippen LogP contribution is 2.07. The number of carboxylic acids is 1. The molecule has 1 aromatic rings. The Balaban J connectivity index is 2.68. The molecule has 1 amide bonds. The van der Waals surface area contributed by atoms with Crippen LogP contribution in [0.2, 0.25) is 0 Å². The highest BCUT2D eigenvalue weighted by molar-refractivity contribution is 5.94. The molecule has 0 spiro atoms. The van der Waals surface area contributed by atoms with Gasteiger partial charge in [-0.1, -0.05) is 12.1 Å². The highest BCUT2D eigenvalue weighted by atomic mass is 16.4. The molecule has 0 aliphatic heterocycles. The third-order valence-electron chi connectivity index (χ3n) is 2.41. The van der Waals surface area contributed by atoms with E-state index in [9.17, 15) is 9.59 Å². The SMILES string of the molecule is CC(C)NC(=O)c1ccc(C[C@H](N)C(=O)O)cc1. The summed E-state index contributed by atoms with van der Waals surface area (Å²) in [5, 5.41) is 11.5. The Hall–Kier alpha value is -1.88. The number of nitrogens with two attached hydrogens (primary N) is 1. The van der Waals surface area contributed by atoms with Crippen LogP contribution in [0, 0.1) is 0 Å². The number of benzene rings is 1. The first-order valence-corrected chi connectivity index (χ1v) is 5.78. The van der Waals surface area contributed by atoms with Crippen molar-refractivity contribution >= 4 is 11.9 Å². The molecule has 4 N–H and O–H groups in total. The fourth-order valence-electron chi connectivity index (χ4n) is 1.48. The number of rotatable bonds is 5. The smallest absolute Gasteiger partial charge is 0.320 e. The Morgan fingerprint density at radius 2 is 1.83 bits per heavy atom. The van der Waals surface area contributed by atoms with E-state index in [4.69, 9.17) is 10.8 Å². The van der Waals surface area contributed by atoms with Gasteiger partial charge in [-0.3, -0.25) is 9.59 Å². The fraction of sp³-hybridized carbons (Fsp3) is 0.385. The molecule has 1 aromatic carbocycles. The minimum atomic E-state index is -1.03. The normalized spacial score (nSPS) is 12.2. The van der Waals surface area contributed by atoms with Crippen molar-refractivity contribution in [3.05, 3.63) is 35.4 Å². The van der Waals surface area contributed by atoms with Crippen molar-refractivity contribution < 1.29 is 14.7 Å². The van der Waals surface area contributed by atoms with Gasteiger partial charge in [0.15, 0.2) is 0 Å². The second-order valence-electron chi connectivity index (χ2n) is 4.47. The van der Waals surface area contributed by atoms with E-state index in [-0.39, 0.29) is 18.4 Å². The molecule has 0 aliphatic carbocycles. The van der Waals surface area contributed by atoms with E-state index in [1.54, 1.807) is 24.3 Å². The molecule has 0 aromatic heterocycles. The average Bonchev–Trinajstić information content (AvgIpc) is 2.28. The quantitative estimate of drug-likeness (QED) is 0.720. The lowest BCUT2D eigenvalue weighted by Crippen LogP contribution is -2.32. The maximum Gasteiger partial charge on any atom is 0.320 e. The summed E-state index contributed by atoms with van der Waals surface area (Å²) < 4.78 is 0. The molecule has 5 nitrogen and oxygen atoms in total. The minimum absolute atomic E-state index is 0.0811. The number of hydrogen-bond acceptors (Lipinski definition) is 3. The van der Waals surface area contributed by atoms with E-state index in [2.05, 4.69) is 5.32 Å². The molecular weight excluding hydrogens is 232 g/mol. The molecule has 18 heavy (non-hydrogen) atoms. The van der Waals surface area contributed by atoms with Crippen LogP contribution < -0.4 is 11.1 Å². The molecule has 0 heterocycles. The van der Waals surface area contributed by atoms with E-state index in [0.717, 1.165) is 5.56 Å². The predicted molar refractivity (Wildman–Crippen MR) is 68.4 cm³/mol. The van der Waals surface area contributed by atoms with Crippen LogP contribution >= 0.6 is 0 Å². The van der Waals surface area contributed by atoms with Gasteiger partial charge in [0.2, 0.25) is 0 Å². The number of carbonyl (C=O) groups is 2. The minimum Gasteiger partial charge on any atom is -0.480 e. The van der Waals surface area contributed by atoms with Crippen molar-refractivity contribution in [2.24, 2.45) is 5.73 Å². The van der Waals surface area contributed by atoms with Crippen molar-refractivity contribution in [3.63, 3.8) is 0 Å². The molecule has 0 fully saturated rings.